The van der Waals surface area contributed by atoms with E-state index in [1.807, 2.05) is 12.1 Å². The highest BCUT2D eigenvalue weighted by Gasteiger charge is 2.21. The number of anilines is 1. The molecule has 0 atom stereocenters. The monoisotopic (exact) mass is 501 g/mol. The number of carbonyl (C=O) groups is 1. The number of hydrogen-bond acceptors (Lipinski definition) is 5. The number of hydrogen-bond donors (Lipinski definition) is 1. The molecule has 1 N–H and O–H groups in total. The van der Waals surface area contributed by atoms with Crippen LogP contribution >= 0.6 is 15.9 Å². The molecule has 0 aliphatic carbocycles. The Bertz CT molecular complexity index is 1200. The van der Waals surface area contributed by atoms with Gasteiger partial charge >= 0.3 is 0 Å². The lowest BCUT2D eigenvalue weighted by Gasteiger charge is -2.19. The molecule has 0 unspecified atom stereocenters. The van der Waals surface area contributed by atoms with Gasteiger partial charge in [0, 0.05) is 22.6 Å². The first-order chi connectivity index (χ1) is 14.8. The fraction of sp³-hybridized carbons (Fsp3) is 0.0909. The molecule has 0 spiro atoms. The van der Waals surface area contributed by atoms with E-state index in [1.54, 1.807) is 43.5 Å². The van der Waals surface area contributed by atoms with Crippen LogP contribution in [-0.2, 0) is 10.0 Å². The highest BCUT2D eigenvalue weighted by atomic mass is 79.9. The Balaban J connectivity index is 1.70. The van der Waals surface area contributed by atoms with E-state index >= 15 is 0 Å². The molecule has 0 aliphatic heterocycles. The van der Waals surface area contributed by atoms with Crippen LogP contribution in [0.1, 0.15) is 15.9 Å². The van der Waals surface area contributed by atoms with Gasteiger partial charge in [-0.3, -0.25) is 9.10 Å². The molecular weight excluding hydrogens is 482 g/mol. The lowest BCUT2D eigenvalue weighted by atomic mass is 10.2. The molecule has 0 aliphatic rings. The van der Waals surface area contributed by atoms with Crippen molar-refractivity contribution in [2.24, 2.45) is 5.10 Å². The number of methoxy groups -OCH3 is 1. The minimum atomic E-state index is -3.69. The molecule has 31 heavy (non-hydrogen) atoms. The highest BCUT2D eigenvalue weighted by molar-refractivity contribution is 9.10. The molecule has 7 nitrogen and oxygen atoms in total. The van der Waals surface area contributed by atoms with Gasteiger partial charge in [0.15, 0.2) is 0 Å². The average molecular weight is 502 g/mol. The molecule has 0 aromatic heterocycles. The van der Waals surface area contributed by atoms with Crippen LogP contribution in [-0.4, -0.2) is 34.7 Å². The van der Waals surface area contributed by atoms with Gasteiger partial charge in [-0.05, 0) is 54.6 Å². The summed E-state index contributed by atoms with van der Waals surface area (Å²) in [7, 11) is -0.670. The molecule has 0 saturated carbocycles. The number of hydrazone groups is 1. The van der Waals surface area contributed by atoms with Crippen molar-refractivity contribution < 1.29 is 17.9 Å². The minimum absolute atomic E-state index is 0.191. The standard InChI is InChI=1S/C22H20BrN3O4S/c1-26(31(28,29)20-6-4-3-5-7-20)19-11-8-16(9-12-19)22(27)25-24-15-17-14-18(23)10-13-21(17)30-2/h3-15H,1-2H3,(H,25,27)/b24-15-. The second kappa shape index (κ2) is 9.76. The van der Waals surface area contributed by atoms with Crippen molar-refractivity contribution >= 4 is 43.8 Å². The number of nitrogens with one attached hydrogen (secondary N) is 1. The van der Waals surface area contributed by atoms with Crippen LogP contribution in [0.4, 0.5) is 5.69 Å². The van der Waals surface area contributed by atoms with Crippen molar-refractivity contribution in [2.75, 3.05) is 18.5 Å². The number of benzene rings is 3. The number of rotatable bonds is 7. The van der Waals surface area contributed by atoms with Crippen molar-refractivity contribution in [1.82, 2.24) is 5.43 Å². The average Bonchev–Trinajstić information content (AvgIpc) is 2.79. The van der Waals surface area contributed by atoms with Crippen molar-refractivity contribution in [1.29, 1.82) is 0 Å². The zero-order chi connectivity index (χ0) is 22.4. The second-order valence-corrected chi connectivity index (χ2v) is 9.30. The third kappa shape index (κ3) is 5.31. The topological polar surface area (TPSA) is 88.1 Å². The molecular formula is C22H20BrN3O4S. The zero-order valence-electron chi connectivity index (χ0n) is 16.8. The van der Waals surface area contributed by atoms with Crippen LogP contribution in [0.15, 0.2) is 87.3 Å². The predicted molar refractivity (Wildman–Crippen MR) is 124 cm³/mol. The van der Waals surface area contributed by atoms with Gasteiger partial charge in [-0.15, -0.1) is 0 Å². The normalized spacial score (nSPS) is 11.3. The van der Waals surface area contributed by atoms with E-state index in [0.717, 1.165) is 4.47 Å². The number of carbonyl (C=O) groups excluding carboxylic acids is 1. The van der Waals surface area contributed by atoms with Gasteiger partial charge < -0.3 is 4.74 Å². The Kier molecular flexibility index (Phi) is 7.09. The summed E-state index contributed by atoms with van der Waals surface area (Å²) in [5.41, 5.74) is 3.92. The number of ether oxygens (including phenoxy) is 1. The Morgan fingerprint density at radius 2 is 1.74 bits per heavy atom. The maximum atomic E-state index is 12.7. The largest absolute Gasteiger partial charge is 0.496 e. The molecule has 1 amide bonds. The van der Waals surface area contributed by atoms with E-state index in [2.05, 4.69) is 26.5 Å². The van der Waals surface area contributed by atoms with Crippen molar-refractivity contribution in [2.45, 2.75) is 4.90 Å². The molecule has 3 aromatic rings. The van der Waals surface area contributed by atoms with Gasteiger partial charge in [0.25, 0.3) is 15.9 Å². The fourth-order valence-electron chi connectivity index (χ4n) is 2.74. The first kappa shape index (κ1) is 22.5. The van der Waals surface area contributed by atoms with Crippen molar-refractivity contribution in [3.05, 3.63) is 88.4 Å². The highest BCUT2D eigenvalue weighted by Crippen LogP contribution is 2.23. The molecule has 0 fully saturated rings. The van der Waals surface area contributed by atoms with E-state index in [-0.39, 0.29) is 4.90 Å². The van der Waals surface area contributed by atoms with Crippen LogP contribution < -0.4 is 14.5 Å². The molecule has 160 valence electrons. The van der Waals surface area contributed by atoms with Gasteiger partial charge in [-0.1, -0.05) is 34.1 Å². The van der Waals surface area contributed by atoms with E-state index in [9.17, 15) is 13.2 Å². The van der Waals surface area contributed by atoms with Gasteiger partial charge in [0.05, 0.1) is 23.9 Å². The molecule has 0 saturated heterocycles. The van der Waals surface area contributed by atoms with Crippen LogP contribution in [0.5, 0.6) is 5.75 Å². The third-order valence-corrected chi connectivity index (χ3v) is 6.75. The summed E-state index contributed by atoms with van der Waals surface area (Å²) in [6, 6.07) is 19.8. The van der Waals surface area contributed by atoms with Gasteiger partial charge in [-0.2, -0.15) is 5.10 Å². The third-order valence-electron chi connectivity index (χ3n) is 4.46. The summed E-state index contributed by atoms with van der Waals surface area (Å²) in [6.45, 7) is 0. The zero-order valence-corrected chi connectivity index (χ0v) is 19.2. The smallest absolute Gasteiger partial charge is 0.271 e. The van der Waals surface area contributed by atoms with E-state index < -0.39 is 15.9 Å². The summed E-state index contributed by atoms with van der Waals surface area (Å²) in [5, 5.41) is 3.97. The van der Waals surface area contributed by atoms with Crippen LogP contribution in [0.3, 0.4) is 0 Å². The van der Waals surface area contributed by atoms with Crippen molar-refractivity contribution in [3.8, 4) is 5.75 Å². The lowest BCUT2D eigenvalue weighted by molar-refractivity contribution is 0.0955. The SMILES string of the molecule is COc1ccc(Br)cc1/C=N\NC(=O)c1ccc(N(C)S(=O)(=O)c2ccccc2)cc1. The maximum Gasteiger partial charge on any atom is 0.271 e. The number of sulfonamides is 1. The maximum absolute atomic E-state index is 12.7. The summed E-state index contributed by atoms with van der Waals surface area (Å²) in [5.74, 6) is 0.193. The molecule has 3 rings (SSSR count). The molecule has 0 bridgehead atoms. The van der Waals surface area contributed by atoms with Gasteiger partial charge in [0.1, 0.15) is 5.75 Å². The van der Waals surface area contributed by atoms with E-state index in [4.69, 9.17) is 4.74 Å². The molecule has 0 heterocycles. The Morgan fingerprint density at radius 3 is 2.39 bits per heavy atom. The van der Waals surface area contributed by atoms with Gasteiger partial charge in [-0.25, -0.2) is 13.8 Å². The van der Waals surface area contributed by atoms with Crippen LogP contribution in [0, 0.1) is 0 Å². The first-order valence-electron chi connectivity index (χ1n) is 9.14. The summed E-state index contributed by atoms with van der Waals surface area (Å²) >= 11 is 3.38. The Morgan fingerprint density at radius 1 is 1.06 bits per heavy atom. The summed E-state index contributed by atoms with van der Waals surface area (Å²) < 4.78 is 32.7. The molecule has 3 aromatic carbocycles. The predicted octanol–water partition coefficient (Wildman–Crippen LogP) is 4.05. The van der Waals surface area contributed by atoms with E-state index in [1.165, 1.54) is 41.8 Å². The minimum Gasteiger partial charge on any atom is -0.496 e. The van der Waals surface area contributed by atoms with Gasteiger partial charge in [0.2, 0.25) is 0 Å². The fourth-order valence-corrected chi connectivity index (χ4v) is 4.34. The Hall–Kier alpha value is -3.17. The number of halogens is 1. The lowest BCUT2D eigenvalue weighted by Crippen LogP contribution is -2.26. The van der Waals surface area contributed by atoms with E-state index in [0.29, 0.717) is 22.6 Å². The Labute approximate surface area is 189 Å². The van der Waals surface area contributed by atoms with Crippen LogP contribution in [0.2, 0.25) is 0 Å². The first-order valence-corrected chi connectivity index (χ1v) is 11.4. The number of nitrogens with zero attached hydrogens (tertiary/aromatic N) is 2. The molecule has 9 heteroatoms. The second-order valence-electron chi connectivity index (χ2n) is 6.42. The van der Waals surface area contributed by atoms with Crippen LogP contribution in [0.25, 0.3) is 0 Å². The van der Waals surface area contributed by atoms with Crippen molar-refractivity contribution in [3.63, 3.8) is 0 Å². The number of amides is 1. The summed E-state index contributed by atoms with van der Waals surface area (Å²) in [6.07, 6.45) is 1.48. The summed E-state index contributed by atoms with van der Waals surface area (Å²) in [4.78, 5) is 12.5. The molecule has 0 radical (unpaired) electrons. The quantitative estimate of drug-likeness (QED) is 0.390.